The number of fused-ring (bicyclic) bond motifs is 5. The van der Waals surface area contributed by atoms with Gasteiger partial charge in [-0.25, -0.2) is 0 Å². The third-order valence-electron chi connectivity index (χ3n) is 12.8. The summed E-state index contributed by atoms with van der Waals surface area (Å²) in [5.74, 6) is -2.65. The summed E-state index contributed by atoms with van der Waals surface area (Å²) in [5.41, 5.74) is -0.00165. The molecule has 6 rings (SSSR count). The lowest BCUT2D eigenvalue weighted by Crippen LogP contribution is -2.60. The van der Waals surface area contributed by atoms with Gasteiger partial charge in [-0.15, -0.1) is 0 Å². The van der Waals surface area contributed by atoms with Crippen molar-refractivity contribution in [3.63, 3.8) is 0 Å². The highest BCUT2D eigenvalue weighted by Crippen LogP contribution is 2.45. The SMILES string of the molecule is CC[C@H]1OC(=O)[C@H](C)C2OC/C(=N\Oc3cccc(-c4ccccc4)c3)CO[C@](C)(C[C@@H](C)C3OC1(C)C(=O)C3C)[C@H](O[C@@H]1O[C@H](C)C[C@H](N(C)C)[C@H]1OC(C)=O)[C@@H]2C. The number of esters is 2. The molecule has 2 aromatic rings. The summed E-state index contributed by atoms with van der Waals surface area (Å²) in [4.78, 5) is 49.1. The third kappa shape index (κ3) is 9.61. The van der Waals surface area contributed by atoms with Gasteiger partial charge in [0.15, 0.2) is 29.5 Å². The molecule has 4 aliphatic heterocycles. The van der Waals surface area contributed by atoms with E-state index in [0.717, 1.165) is 11.1 Å². The molecule has 2 aromatic carbocycles. The minimum Gasteiger partial charge on any atom is -0.459 e. The highest BCUT2D eigenvalue weighted by Gasteiger charge is 2.59. The Morgan fingerprint density at radius 1 is 0.932 bits per heavy atom. The van der Waals surface area contributed by atoms with E-state index in [4.69, 9.17) is 38.0 Å². The number of benzene rings is 2. The van der Waals surface area contributed by atoms with Crippen molar-refractivity contribution in [2.24, 2.45) is 28.8 Å². The van der Waals surface area contributed by atoms with Crippen molar-refractivity contribution >= 4 is 23.4 Å². The Hall–Kier alpha value is -3.72. The number of ether oxygens (including phenoxy) is 7. The van der Waals surface area contributed by atoms with Crippen LogP contribution < -0.4 is 4.84 Å². The molecule has 13 nitrogen and oxygen atoms in total. The average molecular weight is 821 g/mol. The van der Waals surface area contributed by atoms with E-state index in [0.29, 0.717) is 30.7 Å². The number of likely N-dealkylation sites (N-methyl/N-ethyl adjacent to an activating group) is 1. The summed E-state index contributed by atoms with van der Waals surface area (Å²) in [6.45, 7) is 16.6. The molecule has 0 radical (unpaired) electrons. The van der Waals surface area contributed by atoms with Crippen LogP contribution in [-0.2, 0) is 47.5 Å². The Morgan fingerprint density at radius 2 is 1.64 bits per heavy atom. The number of carbonyl (C=O) groups is 3. The Balaban J connectivity index is 1.44. The monoisotopic (exact) mass is 820 g/mol. The molecule has 324 valence electrons. The standard InChI is InChI=1S/C46H64N2O11/c1-12-37-46(9)41(50)28(4)38(58-46)26(2)23-45(8)42(57-44-40(55-31(7)49)36(48(10)11)21-27(3)54-44)29(5)39(30(6)43(51)56-37)52-24-34(25-53-45)47-59-35-20-16-19-33(22-35)32-17-14-13-15-18-32/h13-20,22,26-30,36-40,42,44H,12,21,23-25H2,1-11H3/b47-34+/t26-,27-,28?,29-,30-,36+,37-,38?,39?,40-,42-,44+,45-,46?/m1/s1. The zero-order chi connectivity index (χ0) is 42.8. The minimum absolute atomic E-state index is 0.00895. The Kier molecular flexibility index (Phi) is 14.0. The highest BCUT2D eigenvalue weighted by molar-refractivity contribution is 5.92. The van der Waals surface area contributed by atoms with Gasteiger partial charge in [0.2, 0.25) is 0 Å². The molecule has 4 unspecified atom stereocenters. The van der Waals surface area contributed by atoms with Crippen LogP contribution in [-0.4, -0.2) is 116 Å². The fourth-order valence-corrected chi connectivity index (χ4v) is 9.73. The van der Waals surface area contributed by atoms with Crippen LogP contribution in [0.4, 0.5) is 0 Å². The van der Waals surface area contributed by atoms with Crippen LogP contribution in [0, 0.1) is 23.7 Å². The number of Topliss-reactive ketones (excluding diaryl/α,β-unsaturated/α-hetero) is 1. The van der Waals surface area contributed by atoms with Gasteiger partial charge >= 0.3 is 11.9 Å². The van der Waals surface area contributed by atoms with Gasteiger partial charge in [-0.1, -0.05) is 75.3 Å². The zero-order valence-electron chi connectivity index (χ0n) is 36.5. The number of cyclic esters (lactones) is 1. The van der Waals surface area contributed by atoms with Gasteiger partial charge in [0.05, 0.1) is 55.2 Å². The Labute approximate surface area is 349 Å². The van der Waals surface area contributed by atoms with Gasteiger partial charge in [-0.05, 0) is 90.2 Å². The second-order valence-electron chi connectivity index (χ2n) is 17.7. The van der Waals surface area contributed by atoms with Crippen molar-refractivity contribution in [3.8, 4) is 16.9 Å². The van der Waals surface area contributed by atoms with Crippen molar-refractivity contribution < 1.29 is 52.4 Å². The van der Waals surface area contributed by atoms with E-state index in [1.807, 2.05) is 115 Å². The maximum absolute atomic E-state index is 14.3. The van der Waals surface area contributed by atoms with Crippen LogP contribution >= 0.6 is 0 Å². The Bertz CT molecular complexity index is 1820. The predicted molar refractivity (Wildman–Crippen MR) is 221 cm³/mol. The number of ketones is 1. The molecule has 0 aromatic heterocycles. The zero-order valence-corrected chi connectivity index (χ0v) is 36.5. The lowest BCUT2D eigenvalue weighted by atomic mass is 9.75. The quantitative estimate of drug-likeness (QED) is 0.208. The first kappa shape index (κ1) is 44.8. The second kappa shape index (κ2) is 18.5. The number of hydrogen-bond acceptors (Lipinski definition) is 13. The summed E-state index contributed by atoms with van der Waals surface area (Å²) in [7, 11) is 3.88. The number of carbonyl (C=O) groups excluding carboxylic acids is 3. The van der Waals surface area contributed by atoms with E-state index < -0.39 is 77.7 Å². The fourth-order valence-electron chi connectivity index (χ4n) is 9.73. The van der Waals surface area contributed by atoms with Crippen LogP contribution in [0.1, 0.15) is 81.6 Å². The van der Waals surface area contributed by atoms with Gasteiger partial charge in [0.1, 0.15) is 11.8 Å². The van der Waals surface area contributed by atoms with Gasteiger partial charge in [0.25, 0.3) is 0 Å². The molecule has 4 heterocycles. The first-order valence-electron chi connectivity index (χ1n) is 21.2. The van der Waals surface area contributed by atoms with Crippen molar-refractivity contribution in [2.45, 2.75) is 142 Å². The number of hydrogen-bond donors (Lipinski definition) is 0. The van der Waals surface area contributed by atoms with Gasteiger partial charge < -0.3 is 42.9 Å². The minimum atomic E-state index is -1.33. The van der Waals surface area contributed by atoms with Crippen molar-refractivity contribution in [1.29, 1.82) is 0 Å². The predicted octanol–water partition coefficient (Wildman–Crippen LogP) is 6.64. The van der Waals surface area contributed by atoms with Crippen molar-refractivity contribution in [2.75, 3.05) is 27.3 Å². The van der Waals surface area contributed by atoms with E-state index in [1.165, 1.54) is 6.92 Å². The van der Waals surface area contributed by atoms with E-state index in [-0.39, 0.29) is 37.1 Å². The summed E-state index contributed by atoms with van der Waals surface area (Å²) in [6, 6.07) is 17.5. The van der Waals surface area contributed by atoms with Crippen molar-refractivity contribution in [3.05, 3.63) is 54.6 Å². The fraction of sp³-hybridized carbons (Fsp3) is 0.652. The largest absolute Gasteiger partial charge is 0.459 e. The molecule has 0 spiro atoms. The summed E-state index contributed by atoms with van der Waals surface area (Å²) >= 11 is 0. The topological polar surface area (TPSA) is 141 Å². The molecule has 13 heteroatoms. The lowest BCUT2D eigenvalue weighted by Gasteiger charge is -2.48. The maximum Gasteiger partial charge on any atom is 0.311 e. The molecule has 4 fully saturated rings. The molecule has 4 saturated heterocycles. The second-order valence-corrected chi connectivity index (χ2v) is 17.7. The van der Waals surface area contributed by atoms with Gasteiger partial charge in [-0.3, -0.25) is 14.4 Å². The highest BCUT2D eigenvalue weighted by atomic mass is 16.7. The van der Waals surface area contributed by atoms with Crippen LogP contribution in [0.3, 0.4) is 0 Å². The average Bonchev–Trinajstić information content (AvgIpc) is 3.46. The normalized spacial score (nSPS) is 38.9. The summed E-state index contributed by atoms with van der Waals surface area (Å²) in [6.07, 6.45) is -3.58. The number of nitrogens with zero attached hydrogens (tertiary/aromatic N) is 2. The van der Waals surface area contributed by atoms with Crippen LogP contribution in [0.15, 0.2) is 59.8 Å². The van der Waals surface area contributed by atoms with Crippen LogP contribution in [0.5, 0.6) is 5.75 Å². The van der Waals surface area contributed by atoms with E-state index in [9.17, 15) is 14.4 Å². The van der Waals surface area contributed by atoms with E-state index >= 15 is 0 Å². The molecule has 0 saturated carbocycles. The van der Waals surface area contributed by atoms with E-state index in [1.54, 1.807) is 13.8 Å². The lowest BCUT2D eigenvalue weighted by molar-refractivity contribution is -0.305. The molecule has 0 amide bonds. The van der Waals surface area contributed by atoms with Crippen molar-refractivity contribution in [1.82, 2.24) is 4.90 Å². The maximum atomic E-state index is 14.3. The molecular formula is C46H64N2O11. The molecule has 0 aliphatic carbocycles. The molecule has 14 atom stereocenters. The van der Waals surface area contributed by atoms with Gasteiger partial charge in [0, 0.05) is 18.8 Å². The smallest absolute Gasteiger partial charge is 0.311 e. The number of oxime groups is 1. The molecular weight excluding hydrogens is 757 g/mol. The third-order valence-corrected chi connectivity index (χ3v) is 12.8. The summed E-state index contributed by atoms with van der Waals surface area (Å²) < 4.78 is 46.3. The first-order valence-corrected chi connectivity index (χ1v) is 21.2. The van der Waals surface area contributed by atoms with Crippen LogP contribution in [0.2, 0.25) is 0 Å². The van der Waals surface area contributed by atoms with Crippen LogP contribution in [0.25, 0.3) is 11.1 Å². The molecule has 59 heavy (non-hydrogen) atoms. The molecule has 4 bridgehead atoms. The molecule has 4 aliphatic rings. The van der Waals surface area contributed by atoms with Gasteiger partial charge in [-0.2, -0.15) is 0 Å². The number of rotatable bonds is 8. The summed E-state index contributed by atoms with van der Waals surface area (Å²) in [5, 5.41) is 4.58. The molecule has 0 N–H and O–H groups in total. The first-order chi connectivity index (χ1) is 27.9. The Morgan fingerprint density at radius 3 is 2.32 bits per heavy atom. The van der Waals surface area contributed by atoms with E-state index in [2.05, 4.69) is 5.16 Å².